The van der Waals surface area contributed by atoms with Gasteiger partial charge >= 0.3 is 0 Å². The molecule has 1 aromatic carbocycles. The van der Waals surface area contributed by atoms with Crippen LogP contribution >= 0.6 is 11.3 Å². The van der Waals surface area contributed by atoms with Gasteiger partial charge in [0.2, 0.25) is 0 Å². The first kappa shape index (κ1) is 10.4. The minimum atomic E-state index is 0.981. The van der Waals surface area contributed by atoms with Crippen LogP contribution in [-0.2, 0) is 0 Å². The van der Waals surface area contributed by atoms with Crippen LogP contribution in [0.4, 0.5) is 0 Å². The maximum atomic E-state index is 4.40. The molecule has 0 fully saturated rings. The van der Waals surface area contributed by atoms with E-state index in [0.29, 0.717) is 0 Å². The fourth-order valence-electron chi connectivity index (χ4n) is 1.81. The molecule has 0 bridgehead atoms. The fourth-order valence-corrected chi connectivity index (χ4v) is 2.57. The minimum absolute atomic E-state index is 0.981. The molecule has 0 atom stereocenters. The molecule has 0 aliphatic heterocycles. The van der Waals surface area contributed by atoms with Gasteiger partial charge in [-0.3, -0.25) is 0 Å². The number of hydrogen-bond acceptors (Lipinski definition) is 4. The fraction of sp³-hybridized carbons (Fsp3) is 0.154. The van der Waals surface area contributed by atoms with Crippen molar-refractivity contribution in [1.29, 1.82) is 0 Å². The van der Waals surface area contributed by atoms with E-state index in [0.717, 1.165) is 27.2 Å². The maximum absolute atomic E-state index is 4.40. The molecule has 0 aliphatic rings. The molecular formula is C13H11N3S. The predicted molar refractivity (Wildman–Crippen MR) is 70.1 cm³/mol. The number of nitrogens with zero attached hydrogens (tertiary/aromatic N) is 3. The zero-order valence-corrected chi connectivity index (χ0v) is 10.5. The Hall–Kier alpha value is -1.81. The molecule has 0 aliphatic carbocycles. The minimum Gasteiger partial charge on any atom is -0.244 e. The Morgan fingerprint density at radius 2 is 1.94 bits per heavy atom. The Balaban J connectivity index is 2.22. The van der Waals surface area contributed by atoms with Crippen LogP contribution in [0.1, 0.15) is 10.6 Å². The van der Waals surface area contributed by atoms with Crippen molar-refractivity contribution in [3.63, 3.8) is 0 Å². The monoisotopic (exact) mass is 241 g/mol. The lowest BCUT2D eigenvalue weighted by Crippen LogP contribution is -1.87. The van der Waals surface area contributed by atoms with Gasteiger partial charge in [-0.2, -0.15) is 0 Å². The highest BCUT2D eigenvalue weighted by molar-refractivity contribution is 7.14. The van der Waals surface area contributed by atoms with Gasteiger partial charge in [-0.05, 0) is 32.0 Å². The van der Waals surface area contributed by atoms with Crippen molar-refractivity contribution >= 4 is 22.2 Å². The molecule has 0 unspecified atom stereocenters. The van der Waals surface area contributed by atoms with Gasteiger partial charge < -0.3 is 0 Å². The molecule has 3 nitrogen and oxygen atoms in total. The van der Waals surface area contributed by atoms with Crippen LogP contribution in [0.3, 0.4) is 0 Å². The maximum Gasteiger partial charge on any atom is 0.123 e. The van der Waals surface area contributed by atoms with E-state index in [2.05, 4.69) is 34.0 Å². The molecule has 84 valence electrons. The van der Waals surface area contributed by atoms with Gasteiger partial charge in [0.05, 0.1) is 5.52 Å². The predicted octanol–water partition coefficient (Wildman–Crippen LogP) is 3.37. The molecule has 2 aromatic heterocycles. The quantitative estimate of drug-likeness (QED) is 0.655. The number of aromatic nitrogens is 3. The number of hydrogen-bond donors (Lipinski definition) is 0. The van der Waals surface area contributed by atoms with Crippen LogP contribution < -0.4 is 0 Å². The Labute approximate surface area is 103 Å². The normalized spacial score (nSPS) is 10.9. The Morgan fingerprint density at radius 3 is 2.71 bits per heavy atom. The van der Waals surface area contributed by atoms with Crippen LogP contribution in [0.2, 0.25) is 0 Å². The van der Waals surface area contributed by atoms with Gasteiger partial charge in [0.25, 0.3) is 0 Å². The average Bonchev–Trinajstić information content (AvgIpc) is 2.76. The molecule has 0 N–H and O–H groups in total. The zero-order chi connectivity index (χ0) is 11.8. The van der Waals surface area contributed by atoms with Crippen molar-refractivity contribution in [3.8, 4) is 10.6 Å². The second kappa shape index (κ2) is 3.89. The van der Waals surface area contributed by atoms with Crippen molar-refractivity contribution in [3.05, 3.63) is 41.3 Å². The van der Waals surface area contributed by atoms with E-state index >= 15 is 0 Å². The number of rotatable bonds is 1. The van der Waals surface area contributed by atoms with Crippen LogP contribution in [0.25, 0.3) is 21.5 Å². The second-order valence-corrected chi connectivity index (χ2v) is 5.20. The van der Waals surface area contributed by atoms with Crippen molar-refractivity contribution in [2.24, 2.45) is 0 Å². The van der Waals surface area contributed by atoms with Gasteiger partial charge in [0.15, 0.2) is 0 Å². The summed E-state index contributed by atoms with van der Waals surface area (Å²) in [4.78, 5) is 14.1. The van der Waals surface area contributed by atoms with Crippen molar-refractivity contribution in [1.82, 2.24) is 15.0 Å². The van der Waals surface area contributed by atoms with E-state index in [-0.39, 0.29) is 0 Å². The first-order chi connectivity index (χ1) is 8.24. The molecule has 3 aromatic rings. The SMILES string of the molecule is Cc1cnc(-c2ccc3ncnc(C)c3c2)s1. The molecule has 17 heavy (non-hydrogen) atoms. The van der Waals surface area contributed by atoms with Crippen molar-refractivity contribution in [2.75, 3.05) is 0 Å². The van der Waals surface area contributed by atoms with Gasteiger partial charge in [-0.25, -0.2) is 15.0 Å². The highest BCUT2D eigenvalue weighted by atomic mass is 32.1. The molecule has 0 spiro atoms. The van der Waals surface area contributed by atoms with E-state index in [1.807, 2.05) is 19.2 Å². The molecular weight excluding hydrogens is 230 g/mol. The van der Waals surface area contributed by atoms with E-state index < -0.39 is 0 Å². The summed E-state index contributed by atoms with van der Waals surface area (Å²) in [6, 6.07) is 6.20. The zero-order valence-electron chi connectivity index (χ0n) is 9.64. The van der Waals surface area contributed by atoms with Gasteiger partial charge in [-0.1, -0.05) is 0 Å². The summed E-state index contributed by atoms with van der Waals surface area (Å²) in [6.45, 7) is 4.07. The molecule has 0 amide bonds. The van der Waals surface area contributed by atoms with Gasteiger partial charge in [0.1, 0.15) is 11.3 Å². The number of aryl methyl sites for hydroxylation is 2. The van der Waals surface area contributed by atoms with Gasteiger partial charge in [0, 0.05) is 27.7 Å². The van der Waals surface area contributed by atoms with Crippen molar-refractivity contribution < 1.29 is 0 Å². The molecule has 0 saturated carbocycles. The van der Waals surface area contributed by atoms with E-state index in [1.54, 1.807) is 17.7 Å². The molecule has 2 heterocycles. The summed E-state index contributed by atoms with van der Waals surface area (Å²) < 4.78 is 0. The smallest absolute Gasteiger partial charge is 0.123 e. The van der Waals surface area contributed by atoms with E-state index in [9.17, 15) is 0 Å². The summed E-state index contributed by atoms with van der Waals surface area (Å²) in [7, 11) is 0. The average molecular weight is 241 g/mol. The van der Waals surface area contributed by atoms with Crippen LogP contribution in [-0.4, -0.2) is 15.0 Å². The summed E-state index contributed by atoms with van der Waals surface area (Å²) in [5, 5.41) is 2.14. The second-order valence-electron chi connectivity index (χ2n) is 3.97. The highest BCUT2D eigenvalue weighted by Crippen LogP contribution is 2.27. The Morgan fingerprint density at radius 1 is 1.06 bits per heavy atom. The summed E-state index contributed by atoms with van der Waals surface area (Å²) in [5.74, 6) is 0. The first-order valence-electron chi connectivity index (χ1n) is 5.38. The molecule has 4 heteroatoms. The highest BCUT2D eigenvalue weighted by Gasteiger charge is 2.05. The topological polar surface area (TPSA) is 38.7 Å². The van der Waals surface area contributed by atoms with Crippen molar-refractivity contribution in [2.45, 2.75) is 13.8 Å². The number of thiazole rings is 1. The molecule has 0 radical (unpaired) electrons. The molecule has 3 rings (SSSR count). The van der Waals surface area contributed by atoms with Gasteiger partial charge in [-0.15, -0.1) is 11.3 Å². The number of benzene rings is 1. The standard InChI is InChI=1S/C13H11N3S/c1-8-6-14-13(17-8)10-3-4-12-11(5-10)9(2)15-7-16-12/h3-7H,1-2H3. The Bertz CT molecular complexity index is 688. The lowest BCUT2D eigenvalue weighted by molar-refractivity contribution is 1.15. The van der Waals surface area contributed by atoms with Crippen LogP contribution in [0, 0.1) is 13.8 Å². The lowest BCUT2D eigenvalue weighted by Gasteiger charge is -2.02. The third-order valence-electron chi connectivity index (χ3n) is 2.70. The third kappa shape index (κ3) is 1.80. The first-order valence-corrected chi connectivity index (χ1v) is 6.20. The van der Waals surface area contributed by atoms with E-state index in [4.69, 9.17) is 0 Å². The molecule has 0 saturated heterocycles. The van der Waals surface area contributed by atoms with Crippen LogP contribution in [0.15, 0.2) is 30.7 Å². The Kier molecular flexibility index (Phi) is 2.37. The largest absolute Gasteiger partial charge is 0.244 e. The van der Waals surface area contributed by atoms with Crippen LogP contribution in [0.5, 0.6) is 0 Å². The number of fused-ring (bicyclic) bond motifs is 1. The summed E-state index contributed by atoms with van der Waals surface area (Å²) in [5.41, 5.74) is 3.12. The summed E-state index contributed by atoms with van der Waals surface area (Å²) in [6.07, 6.45) is 3.50. The van der Waals surface area contributed by atoms with E-state index in [1.165, 1.54) is 4.88 Å². The third-order valence-corrected chi connectivity index (χ3v) is 3.66. The summed E-state index contributed by atoms with van der Waals surface area (Å²) >= 11 is 1.70. The lowest BCUT2D eigenvalue weighted by atomic mass is 10.1.